The van der Waals surface area contributed by atoms with Crippen molar-refractivity contribution in [2.75, 3.05) is 6.61 Å². The minimum atomic E-state index is -0.308. The van der Waals surface area contributed by atoms with Crippen molar-refractivity contribution in [2.24, 2.45) is 5.10 Å². The van der Waals surface area contributed by atoms with Crippen LogP contribution in [0, 0.1) is 0 Å². The van der Waals surface area contributed by atoms with E-state index in [0.717, 1.165) is 0 Å². The molecule has 0 aliphatic heterocycles. The lowest BCUT2D eigenvalue weighted by molar-refractivity contribution is 0.0955. The average Bonchev–Trinajstić information content (AvgIpc) is 2.50. The van der Waals surface area contributed by atoms with Gasteiger partial charge in [-0.05, 0) is 31.2 Å². The van der Waals surface area contributed by atoms with Crippen LogP contribution in [0.15, 0.2) is 53.6 Å². The van der Waals surface area contributed by atoms with Crippen LogP contribution in [0.2, 0.25) is 0 Å². The third-order valence-corrected chi connectivity index (χ3v) is 2.72. The summed E-state index contributed by atoms with van der Waals surface area (Å²) in [6.45, 7) is 2.39. The van der Waals surface area contributed by atoms with Crippen molar-refractivity contribution in [3.05, 3.63) is 59.7 Å². The lowest BCUT2D eigenvalue weighted by Crippen LogP contribution is -2.17. The predicted molar refractivity (Wildman–Crippen MR) is 80.8 cm³/mol. The highest BCUT2D eigenvalue weighted by Crippen LogP contribution is 2.22. The van der Waals surface area contributed by atoms with Gasteiger partial charge < -0.3 is 9.84 Å². The van der Waals surface area contributed by atoms with Gasteiger partial charge in [0.25, 0.3) is 5.91 Å². The molecule has 0 unspecified atom stereocenters. The predicted octanol–water partition coefficient (Wildman–Crippen LogP) is 2.55. The Labute approximate surface area is 122 Å². The van der Waals surface area contributed by atoms with E-state index in [1.165, 1.54) is 12.3 Å². The van der Waals surface area contributed by atoms with E-state index < -0.39 is 0 Å². The molecule has 0 spiro atoms. The number of phenolic OH excluding ortho intramolecular Hbond substituents is 1. The zero-order valence-electron chi connectivity index (χ0n) is 11.6. The maximum absolute atomic E-state index is 11.8. The van der Waals surface area contributed by atoms with Crippen molar-refractivity contribution in [1.29, 1.82) is 0 Å². The molecule has 2 N–H and O–H groups in total. The molecule has 0 saturated carbocycles. The molecule has 2 aromatic rings. The first-order valence-corrected chi connectivity index (χ1v) is 6.55. The largest absolute Gasteiger partial charge is 0.507 e. The summed E-state index contributed by atoms with van der Waals surface area (Å²) in [5.74, 6) is 0.316. The molecule has 0 saturated heterocycles. The summed E-state index contributed by atoms with van der Waals surface area (Å²) in [5, 5.41) is 13.6. The van der Waals surface area contributed by atoms with Gasteiger partial charge in [-0.1, -0.05) is 18.2 Å². The summed E-state index contributed by atoms with van der Waals surface area (Å²) in [6, 6.07) is 13.7. The SMILES string of the molecule is CCOc1ccc(C=NNC(=O)c2ccccc2)c(O)c1. The van der Waals surface area contributed by atoms with E-state index in [1.54, 1.807) is 36.4 Å². The van der Waals surface area contributed by atoms with Crippen molar-refractivity contribution in [3.8, 4) is 11.5 Å². The number of nitrogens with one attached hydrogen (secondary N) is 1. The van der Waals surface area contributed by atoms with Crippen molar-refractivity contribution in [3.63, 3.8) is 0 Å². The number of phenols is 1. The molecule has 0 aliphatic rings. The Morgan fingerprint density at radius 2 is 2.05 bits per heavy atom. The highest BCUT2D eigenvalue weighted by atomic mass is 16.5. The lowest BCUT2D eigenvalue weighted by atomic mass is 10.2. The molecule has 2 aromatic carbocycles. The van der Waals surface area contributed by atoms with Gasteiger partial charge in [0.15, 0.2) is 0 Å². The first-order chi connectivity index (χ1) is 10.2. The van der Waals surface area contributed by atoms with Crippen LogP contribution in [-0.4, -0.2) is 23.8 Å². The van der Waals surface area contributed by atoms with Crippen LogP contribution >= 0.6 is 0 Å². The zero-order valence-corrected chi connectivity index (χ0v) is 11.6. The zero-order chi connectivity index (χ0) is 15.1. The molecule has 5 nitrogen and oxygen atoms in total. The molecule has 5 heteroatoms. The second-order valence-corrected chi connectivity index (χ2v) is 4.22. The van der Waals surface area contributed by atoms with Gasteiger partial charge in [-0.3, -0.25) is 4.79 Å². The summed E-state index contributed by atoms with van der Waals surface area (Å²) in [4.78, 5) is 11.8. The number of rotatable bonds is 5. The van der Waals surface area contributed by atoms with E-state index in [2.05, 4.69) is 10.5 Å². The molecule has 0 fully saturated rings. The maximum Gasteiger partial charge on any atom is 0.271 e. The lowest BCUT2D eigenvalue weighted by Gasteiger charge is -2.05. The fraction of sp³-hybridized carbons (Fsp3) is 0.125. The summed E-state index contributed by atoms with van der Waals surface area (Å²) < 4.78 is 5.27. The number of amides is 1. The van der Waals surface area contributed by atoms with Crippen LogP contribution in [0.25, 0.3) is 0 Å². The summed E-state index contributed by atoms with van der Waals surface area (Å²) >= 11 is 0. The standard InChI is InChI=1S/C16H16N2O3/c1-2-21-14-9-8-13(15(19)10-14)11-17-18-16(20)12-6-4-3-5-7-12/h3-11,19H,2H2,1H3,(H,18,20). The number of hydrazone groups is 1. The van der Waals surface area contributed by atoms with Gasteiger partial charge in [-0.15, -0.1) is 0 Å². The maximum atomic E-state index is 11.8. The Bertz CT molecular complexity index is 639. The minimum Gasteiger partial charge on any atom is -0.507 e. The molecular formula is C16H16N2O3. The molecular weight excluding hydrogens is 268 g/mol. The Kier molecular flexibility index (Phi) is 4.93. The van der Waals surface area contributed by atoms with E-state index in [0.29, 0.717) is 23.5 Å². The third-order valence-electron chi connectivity index (χ3n) is 2.72. The van der Waals surface area contributed by atoms with Gasteiger partial charge in [0.1, 0.15) is 11.5 Å². The molecule has 0 heterocycles. The van der Waals surface area contributed by atoms with Gasteiger partial charge in [0.2, 0.25) is 0 Å². The quantitative estimate of drug-likeness (QED) is 0.654. The number of aromatic hydroxyl groups is 1. The highest BCUT2D eigenvalue weighted by molar-refractivity contribution is 5.95. The number of carbonyl (C=O) groups excluding carboxylic acids is 1. The topological polar surface area (TPSA) is 70.9 Å². The number of nitrogens with zero attached hydrogens (tertiary/aromatic N) is 1. The normalized spacial score (nSPS) is 10.5. The first kappa shape index (κ1) is 14.6. The smallest absolute Gasteiger partial charge is 0.271 e. The van der Waals surface area contributed by atoms with Gasteiger partial charge in [-0.25, -0.2) is 5.43 Å². The van der Waals surface area contributed by atoms with E-state index in [1.807, 2.05) is 13.0 Å². The molecule has 108 valence electrons. The van der Waals surface area contributed by atoms with Crippen LogP contribution in [0.1, 0.15) is 22.8 Å². The number of hydrogen-bond acceptors (Lipinski definition) is 4. The molecule has 0 atom stereocenters. The fourth-order valence-corrected chi connectivity index (χ4v) is 1.70. The van der Waals surface area contributed by atoms with E-state index in [-0.39, 0.29) is 11.7 Å². The Hall–Kier alpha value is -2.82. The molecule has 0 radical (unpaired) electrons. The number of hydrogen-bond donors (Lipinski definition) is 2. The second kappa shape index (κ2) is 7.09. The molecule has 0 aliphatic carbocycles. The Balaban J connectivity index is 2.00. The Morgan fingerprint density at radius 3 is 2.71 bits per heavy atom. The van der Waals surface area contributed by atoms with E-state index >= 15 is 0 Å². The molecule has 0 bridgehead atoms. The highest BCUT2D eigenvalue weighted by Gasteiger charge is 2.03. The van der Waals surface area contributed by atoms with Crippen LogP contribution < -0.4 is 10.2 Å². The van der Waals surface area contributed by atoms with E-state index in [4.69, 9.17) is 4.74 Å². The second-order valence-electron chi connectivity index (χ2n) is 4.22. The molecule has 1 amide bonds. The molecule has 0 aromatic heterocycles. The number of carbonyl (C=O) groups is 1. The summed E-state index contributed by atoms with van der Waals surface area (Å²) in [6.07, 6.45) is 1.38. The van der Waals surface area contributed by atoms with Gasteiger partial charge >= 0.3 is 0 Å². The average molecular weight is 284 g/mol. The van der Waals surface area contributed by atoms with Gasteiger partial charge in [0, 0.05) is 17.2 Å². The monoisotopic (exact) mass is 284 g/mol. The van der Waals surface area contributed by atoms with Crippen molar-refractivity contribution in [1.82, 2.24) is 5.43 Å². The Morgan fingerprint density at radius 1 is 1.29 bits per heavy atom. The van der Waals surface area contributed by atoms with Crippen molar-refractivity contribution >= 4 is 12.1 Å². The van der Waals surface area contributed by atoms with Crippen LogP contribution in [-0.2, 0) is 0 Å². The first-order valence-electron chi connectivity index (χ1n) is 6.55. The van der Waals surface area contributed by atoms with Gasteiger partial charge in [0.05, 0.1) is 12.8 Å². The number of benzene rings is 2. The fourth-order valence-electron chi connectivity index (χ4n) is 1.70. The van der Waals surface area contributed by atoms with Crippen LogP contribution in [0.5, 0.6) is 11.5 Å². The van der Waals surface area contributed by atoms with E-state index in [9.17, 15) is 9.90 Å². The number of ether oxygens (including phenoxy) is 1. The molecule has 2 rings (SSSR count). The summed E-state index contributed by atoms with van der Waals surface area (Å²) in [5.41, 5.74) is 3.41. The molecule has 21 heavy (non-hydrogen) atoms. The van der Waals surface area contributed by atoms with Crippen LogP contribution in [0.4, 0.5) is 0 Å². The van der Waals surface area contributed by atoms with Crippen molar-refractivity contribution in [2.45, 2.75) is 6.92 Å². The van der Waals surface area contributed by atoms with Crippen molar-refractivity contribution < 1.29 is 14.6 Å². The van der Waals surface area contributed by atoms with Crippen LogP contribution in [0.3, 0.4) is 0 Å². The third kappa shape index (κ3) is 4.07. The van der Waals surface area contributed by atoms with Gasteiger partial charge in [-0.2, -0.15) is 5.10 Å². The summed E-state index contributed by atoms with van der Waals surface area (Å²) in [7, 11) is 0. The minimum absolute atomic E-state index is 0.0404.